The van der Waals surface area contributed by atoms with Crippen molar-refractivity contribution >= 4 is 11.5 Å². The van der Waals surface area contributed by atoms with Crippen molar-refractivity contribution in [2.24, 2.45) is 0 Å². The van der Waals surface area contributed by atoms with Crippen molar-refractivity contribution in [3.63, 3.8) is 0 Å². The molecule has 4 nitrogen and oxygen atoms in total. The van der Waals surface area contributed by atoms with E-state index in [0.717, 1.165) is 5.52 Å². The third-order valence-electron chi connectivity index (χ3n) is 2.17. The summed E-state index contributed by atoms with van der Waals surface area (Å²) in [5, 5.41) is 0. The van der Waals surface area contributed by atoms with E-state index in [1.54, 1.807) is 24.4 Å². The highest BCUT2D eigenvalue weighted by Crippen LogP contribution is 2.02. The number of fused-ring (bicyclic) bond motifs is 1. The van der Waals surface area contributed by atoms with Crippen LogP contribution < -0.4 is 5.56 Å². The number of hydrogen-bond acceptors (Lipinski definition) is 3. The van der Waals surface area contributed by atoms with E-state index in [4.69, 9.17) is 0 Å². The summed E-state index contributed by atoms with van der Waals surface area (Å²) in [5.74, 6) is -0.613. The molecule has 0 unspecified atom stereocenters. The van der Waals surface area contributed by atoms with Gasteiger partial charge in [-0.25, -0.2) is 4.79 Å². The van der Waals surface area contributed by atoms with Crippen molar-refractivity contribution in [2.45, 2.75) is 0 Å². The van der Waals surface area contributed by atoms with Gasteiger partial charge in [-0.3, -0.25) is 9.20 Å². The number of ether oxygens (including phenoxy) is 1. The topological polar surface area (TPSA) is 47.8 Å². The molecular weight excluding hydrogens is 194 g/mol. The first-order valence-corrected chi connectivity index (χ1v) is 4.43. The van der Waals surface area contributed by atoms with E-state index in [9.17, 15) is 9.59 Å². The molecule has 0 aliphatic rings. The molecule has 0 atom stereocenters. The molecule has 0 fully saturated rings. The normalized spacial score (nSPS) is 10.2. The molecule has 0 saturated heterocycles. The summed E-state index contributed by atoms with van der Waals surface area (Å²) in [4.78, 5) is 23.0. The molecule has 0 saturated carbocycles. The molecule has 0 spiro atoms. The zero-order chi connectivity index (χ0) is 10.8. The van der Waals surface area contributed by atoms with Gasteiger partial charge in [0.2, 0.25) is 0 Å². The third-order valence-corrected chi connectivity index (χ3v) is 2.17. The fourth-order valence-electron chi connectivity index (χ4n) is 1.41. The number of esters is 1. The van der Waals surface area contributed by atoms with E-state index < -0.39 is 5.97 Å². The monoisotopic (exact) mass is 203 g/mol. The number of aromatic nitrogens is 1. The van der Waals surface area contributed by atoms with E-state index >= 15 is 0 Å². The van der Waals surface area contributed by atoms with E-state index in [2.05, 4.69) is 4.74 Å². The summed E-state index contributed by atoms with van der Waals surface area (Å²) in [5.41, 5.74) is 0.427. The molecule has 0 aromatic carbocycles. The number of carbonyl (C=O) groups excluding carboxylic acids is 1. The van der Waals surface area contributed by atoms with Crippen LogP contribution in [0, 0.1) is 0 Å². The Morgan fingerprint density at radius 1 is 1.27 bits per heavy atom. The van der Waals surface area contributed by atoms with Crippen LogP contribution in [0.5, 0.6) is 0 Å². The number of rotatable bonds is 1. The Hall–Kier alpha value is -2.10. The fourth-order valence-corrected chi connectivity index (χ4v) is 1.41. The molecule has 2 aromatic rings. The van der Waals surface area contributed by atoms with Gasteiger partial charge in [-0.15, -0.1) is 0 Å². The maximum Gasteiger partial charge on any atom is 0.343 e. The van der Waals surface area contributed by atoms with Gasteiger partial charge in [0, 0.05) is 11.7 Å². The summed E-state index contributed by atoms with van der Waals surface area (Å²) in [6.07, 6.45) is 1.62. The molecule has 2 rings (SSSR count). The van der Waals surface area contributed by atoms with Gasteiger partial charge in [-0.05, 0) is 24.3 Å². The molecule has 76 valence electrons. The molecule has 0 aliphatic carbocycles. The second kappa shape index (κ2) is 3.57. The zero-order valence-corrected chi connectivity index (χ0v) is 8.14. The summed E-state index contributed by atoms with van der Waals surface area (Å²) in [7, 11) is 1.25. The number of nitrogens with zero attached hydrogens (tertiary/aromatic N) is 1. The van der Waals surface area contributed by atoms with Crippen LogP contribution in [0.2, 0.25) is 0 Å². The standard InChI is InChI=1S/C11H9NO3/c1-15-11(14)9-6-5-8-4-2-3-7-12(8)10(9)13/h2-7H,1H3. The fraction of sp³-hybridized carbons (Fsp3) is 0.0909. The van der Waals surface area contributed by atoms with Crippen LogP contribution in [0.3, 0.4) is 0 Å². The Balaban J connectivity index is 2.76. The van der Waals surface area contributed by atoms with Crippen LogP contribution in [0.1, 0.15) is 10.4 Å². The second-order valence-corrected chi connectivity index (χ2v) is 3.04. The minimum Gasteiger partial charge on any atom is -0.465 e. The summed E-state index contributed by atoms with van der Waals surface area (Å²) < 4.78 is 5.92. The summed E-state index contributed by atoms with van der Waals surface area (Å²) in [6.45, 7) is 0. The van der Waals surface area contributed by atoms with Gasteiger partial charge in [0.25, 0.3) is 5.56 Å². The van der Waals surface area contributed by atoms with Gasteiger partial charge in [0.05, 0.1) is 7.11 Å². The van der Waals surface area contributed by atoms with Crippen molar-refractivity contribution in [3.05, 3.63) is 52.4 Å². The molecule has 15 heavy (non-hydrogen) atoms. The van der Waals surface area contributed by atoms with E-state index in [-0.39, 0.29) is 11.1 Å². The average molecular weight is 203 g/mol. The SMILES string of the molecule is COC(=O)c1ccc2ccccn2c1=O. The van der Waals surface area contributed by atoms with Gasteiger partial charge in [0.15, 0.2) is 0 Å². The highest BCUT2D eigenvalue weighted by atomic mass is 16.5. The Morgan fingerprint density at radius 2 is 2.07 bits per heavy atom. The predicted molar refractivity (Wildman–Crippen MR) is 55.0 cm³/mol. The molecule has 4 heteroatoms. The summed E-state index contributed by atoms with van der Waals surface area (Å²) >= 11 is 0. The Bertz CT molecular complexity index is 571. The van der Waals surface area contributed by atoms with Crippen molar-refractivity contribution in [1.29, 1.82) is 0 Å². The molecular formula is C11H9NO3. The van der Waals surface area contributed by atoms with Crippen molar-refractivity contribution in [2.75, 3.05) is 7.11 Å². The van der Waals surface area contributed by atoms with E-state index in [1.807, 2.05) is 6.07 Å². The number of hydrogen-bond donors (Lipinski definition) is 0. The van der Waals surface area contributed by atoms with Crippen LogP contribution >= 0.6 is 0 Å². The number of pyridine rings is 2. The average Bonchev–Trinajstić information content (AvgIpc) is 2.29. The van der Waals surface area contributed by atoms with Gasteiger partial charge in [0.1, 0.15) is 5.56 Å². The quantitative estimate of drug-likeness (QED) is 0.652. The Kier molecular flexibility index (Phi) is 2.25. The Labute approximate surface area is 85.7 Å². The first-order valence-electron chi connectivity index (χ1n) is 4.43. The first-order chi connectivity index (χ1) is 7.24. The van der Waals surface area contributed by atoms with Crippen molar-refractivity contribution in [3.8, 4) is 0 Å². The number of carbonyl (C=O) groups is 1. The smallest absolute Gasteiger partial charge is 0.343 e. The van der Waals surface area contributed by atoms with E-state index in [1.165, 1.54) is 17.6 Å². The molecule has 2 aromatic heterocycles. The zero-order valence-electron chi connectivity index (χ0n) is 8.14. The van der Waals surface area contributed by atoms with Crippen molar-refractivity contribution < 1.29 is 9.53 Å². The Morgan fingerprint density at radius 3 is 2.80 bits per heavy atom. The molecule has 0 N–H and O–H groups in total. The molecule has 0 radical (unpaired) electrons. The lowest BCUT2D eigenvalue weighted by atomic mass is 10.2. The summed E-state index contributed by atoms with van der Waals surface area (Å²) in [6, 6.07) is 8.53. The maximum absolute atomic E-state index is 11.8. The molecule has 0 aliphatic heterocycles. The van der Waals surface area contributed by atoms with Gasteiger partial charge in [-0.2, -0.15) is 0 Å². The van der Waals surface area contributed by atoms with Crippen LogP contribution in [0.15, 0.2) is 41.3 Å². The third kappa shape index (κ3) is 1.50. The first kappa shape index (κ1) is 9.45. The predicted octanol–water partition coefficient (Wildman–Crippen LogP) is 1.09. The van der Waals surface area contributed by atoms with Crippen LogP contribution in [-0.4, -0.2) is 17.5 Å². The minimum atomic E-state index is -0.613. The van der Waals surface area contributed by atoms with Crippen LogP contribution in [-0.2, 0) is 4.74 Å². The van der Waals surface area contributed by atoms with Crippen molar-refractivity contribution in [1.82, 2.24) is 4.40 Å². The second-order valence-electron chi connectivity index (χ2n) is 3.04. The number of methoxy groups -OCH3 is 1. The minimum absolute atomic E-state index is 0.0428. The molecule has 2 heterocycles. The molecule has 0 amide bonds. The lowest BCUT2D eigenvalue weighted by Crippen LogP contribution is -2.22. The van der Waals surface area contributed by atoms with Crippen LogP contribution in [0.4, 0.5) is 0 Å². The lowest BCUT2D eigenvalue weighted by molar-refractivity contribution is 0.0598. The van der Waals surface area contributed by atoms with Crippen LogP contribution in [0.25, 0.3) is 5.52 Å². The van der Waals surface area contributed by atoms with Gasteiger partial charge < -0.3 is 4.74 Å². The van der Waals surface area contributed by atoms with Gasteiger partial charge in [-0.1, -0.05) is 6.07 Å². The van der Waals surface area contributed by atoms with E-state index in [0.29, 0.717) is 0 Å². The highest BCUT2D eigenvalue weighted by molar-refractivity contribution is 5.89. The molecule has 0 bridgehead atoms. The lowest BCUT2D eigenvalue weighted by Gasteiger charge is -2.02. The maximum atomic E-state index is 11.8. The largest absolute Gasteiger partial charge is 0.465 e. The van der Waals surface area contributed by atoms with Gasteiger partial charge >= 0.3 is 5.97 Å². The highest BCUT2D eigenvalue weighted by Gasteiger charge is 2.11.